The smallest absolute Gasteiger partial charge is 0.141 e. The van der Waals surface area contributed by atoms with Crippen LogP contribution in [0, 0.1) is 5.92 Å². The molecule has 0 saturated heterocycles. The molecule has 1 unspecified atom stereocenters. The highest BCUT2D eigenvalue weighted by atomic mass is 16.5. The fourth-order valence-corrected chi connectivity index (χ4v) is 1.74. The fourth-order valence-electron chi connectivity index (χ4n) is 1.74. The molecule has 0 fully saturated rings. The van der Waals surface area contributed by atoms with Crippen LogP contribution in [-0.4, -0.2) is 19.3 Å². The van der Waals surface area contributed by atoms with Crippen LogP contribution < -0.4 is 5.32 Å². The van der Waals surface area contributed by atoms with Crippen molar-refractivity contribution in [2.45, 2.75) is 13.3 Å². The maximum Gasteiger partial charge on any atom is 0.141 e. The summed E-state index contributed by atoms with van der Waals surface area (Å²) in [6, 6.07) is 10.5. The highest BCUT2D eigenvalue weighted by Crippen LogP contribution is 2.10. The lowest BCUT2D eigenvalue weighted by atomic mass is 10.00. The normalized spacial score (nSPS) is 17.8. The van der Waals surface area contributed by atoms with Crippen molar-refractivity contribution in [1.29, 1.82) is 0 Å². The van der Waals surface area contributed by atoms with E-state index < -0.39 is 0 Å². The van der Waals surface area contributed by atoms with E-state index >= 15 is 0 Å². The largest absolute Gasteiger partial charge is 0.351 e. The van der Waals surface area contributed by atoms with Crippen LogP contribution in [0.15, 0.2) is 35.3 Å². The van der Waals surface area contributed by atoms with Gasteiger partial charge >= 0.3 is 0 Å². The molecule has 80 valence electrons. The second-order valence-corrected chi connectivity index (χ2v) is 3.79. The topological polar surface area (TPSA) is 33.6 Å². The zero-order valence-electron chi connectivity index (χ0n) is 8.94. The van der Waals surface area contributed by atoms with Crippen LogP contribution in [0.2, 0.25) is 0 Å². The summed E-state index contributed by atoms with van der Waals surface area (Å²) in [5.74, 6) is 1.49. The first kappa shape index (κ1) is 10.2. The standard InChI is InChI=1S/C12H16N2O/c1-10(12-13-8-15-9-14-12)7-11-5-3-2-4-6-11/h2-6,10H,7-9H2,1H3,(H,13,14). The van der Waals surface area contributed by atoms with Crippen molar-refractivity contribution in [3.8, 4) is 0 Å². The van der Waals surface area contributed by atoms with Gasteiger partial charge < -0.3 is 10.1 Å². The van der Waals surface area contributed by atoms with Gasteiger partial charge in [-0.1, -0.05) is 37.3 Å². The van der Waals surface area contributed by atoms with Gasteiger partial charge in [-0.2, -0.15) is 0 Å². The van der Waals surface area contributed by atoms with Crippen molar-refractivity contribution < 1.29 is 4.74 Å². The molecule has 1 N–H and O–H groups in total. The maximum atomic E-state index is 5.10. The van der Waals surface area contributed by atoms with Gasteiger partial charge in [-0.3, -0.25) is 0 Å². The van der Waals surface area contributed by atoms with E-state index in [1.807, 2.05) is 6.07 Å². The average molecular weight is 204 g/mol. The number of rotatable bonds is 3. The zero-order chi connectivity index (χ0) is 10.5. The van der Waals surface area contributed by atoms with Crippen LogP contribution in [0.3, 0.4) is 0 Å². The Bertz CT molecular complexity index is 335. The molecule has 0 amide bonds. The van der Waals surface area contributed by atoms with Gasteiger partial charge in [0.05, 0.1) is 0 Å². The van der Waals surface area contributed by atoms with E-state index in [2.05, 4.69) is 41.5 Å². The zero-order valence-corrected chi connectivity index (χ0v) is 8.94. The van der Waals surface area contributed by atoms with Crippen LogP contribution in [0.4, 0.5) is 0 Å². The minimum atomic E-state index is 0.427. The van der Waals surface area contributed by atoms with Crippen molar-refractivity contribution in [3.05, 3.63) is 35.9 Å². The van der Waals surface area contributed by atoms with Crippen LogP contribution in [0.5, 0.6) is 0 Å². The van der Waals surface area contributed by atoms with Crippen LogP contribution in [0.25, 0.3) is 0 Å². The molecule has 0 aliphatic carbocycles. The molecule has 1 aliphatic rings. The summed E-state index contributed by atoms with van der Waals surface area (Å²) >= 11 is 0. The summed E-state index contributed by atoms with van der Waals surface area (Å²) in [5, 5.41) is 3.17. The average Bonchev–Trinajstić information content (AvgIpc) is 2.31. The third-order valence-corrected chi connectivity index (χ3v) is 2.53. The number of hydrogen-bond acceptors (Lipinski definition) is 3. The molecule has 0 spiro atoms. The number of amidine groups is 1. The van der Waals surface area contributed by atoms with Crippen molar-refractivity contribution in [2.75, 3.05) is 13.5 Å². The van der Waals surface area contributed by atoms with E-state index in [1.165, 1.54) is 5.56 Å². The van der Waals surface area contributed by atoms with Gasteiger partial charge in [-0.15, -0.1) is 0 Å². The molecule has 0 aromatic heterocycles. The lowest BCUT2D eigenvalue weighted by Gasteiger charge is -2.20. The van der Waals surface area contributed by atoms with Gasteiger partial charge in [0.1, 0.15) is 19.3 Å². The predicted octanol–water partition coefficient (Wildman–Crippen LogP) is 1.80. The minimum Gasteiger partial charge on any atom is -0.351 e. The molecule has 1 aromatic carbocycles. The first-order valence-electron chi connectivity index (χ1n) is 5.26. The summed E-state index contributed by atoms with van der Waals surface area (Å²) in [5.41, 5.74) is 1.35. The Morgan fingerprint density at radius 1 is 1.40 bits per heavy atom. The van der Waals surface area contributed by atoms with Crippen molar-refractivity contribution in [3.63, 3.8) is 0 Å². The van der Waals surface area contributed by atoms with Crippen molar-refractivity contribution in [1.82, 2.24) is 5.32 Å². The summed E-state index contributed by atoms with van der Waals surface area (Å²) in [6.07, 6.45) is 1.02. The van der Waals surface area contributed by atoms with E-state index in [0.29, 0.717) is 19.4 Å². The van der Waals surface area contributed by atoms with Gasteiger partial charge in [0, 0.05) is 5.92 Å². The molecule has 1 atom stereocenters. The lowest BCUT2D eigenvalue weighted by molar-refractivity contribution is 0.123. The van der Waals surface area contributed by atoms with E-state index in [-0.39, 0.29) is 0 Å². The second-order valence-electron chi connectivity index (χ2n) is 3.79. The van der Waals surface area contributed by atoms with Gasteiger partial charge in [-0.25, -0.2) is 4.99 Å². The predicted molar refractivity (Wildman–Crippen MR) is 60.7 cm³/mol. The molecular weight excluding hydrogens is 188 g/mol. The monoisotopic (exact) mass is 204 g/mol. The minimum absolute atomic E-state index is 0.427. The van der Waals surface area contributed by atoms with E-state index in [4.69, 9.17) is 4.74 Å². The van der Waals surface area contributed by atoms with Crippen LogP contribution in [-0.2, 0) is 11.2 Å². The molecule has 1 heterocycles. The fraction of sp³-hybridized carbons (Fsp3) is 0.417. The Hall–Kier alpha value is -1.35. The second kappa shape index (κ2) is 4.94. The molecule has 0 saturated carbocycles. The van der Waals surface area contributed by atoms with Gasteiger partial charge in [-0.05, 0) is 12.0 Å². The van der Waals surface area contributed by atoms with E-state index in [1.54, 1.807) is 0 Å². The summed E-state index contributed by atoms with van der Waals surface area (Å²) in [6.45, 7) is 3.25. The third-order valence-electron chi connectivity index (χ3n) is 2.53. The first-order valence-corrected chi connectivity index (χ1v) is 5.26. The molecule has 0 radical (unpaired) electrons. The molecule has 15 heavy (non-hydrogen) atoms. The molecular formula is C12H16N2O. The van der Waals surface area contributed by atoms with Crippen LogP contribution in [0.1, 0.15) is 12.5 Å². The molecule has 2 rings (SSSR count). The number of benzene rings is 1. The van der Waals surface area contributed by atoms with E-state index in [9.17, 15) is 0 Å². The Labute approximate surface area is 90.2 Å². The molecule has 3 nitrogen and oxygen atoms in total. The Morgan fingerprint density at radius 2 is 2.20 bits per heavy atom. The Morgan fingerprint density at radius 3 is 2.87 bits per heavy atom. The Balaban J connectivity index is 1.97. The van der Waals surface area contributed by atoms with Gasteiger partial charge in [0.2, 0.25) is 0 Å². The summed E-state index contributed by atoms with van der Waals surface area (Å²) in [7, 11) is 0. The molecule has 1 aromatic rings. The SMILES string of the molecule is CC(Cc1ccccc1)C1=NCOCN1. The van der Waals surface area contributed by atoms with Gasteiger partial charge in [0.15, 0.2) is 0 Å². The van der Waals surface area contributed by atoms with E-state index in [0.717, 1.165) is 12.3 Å². The lowest BCUT2D eigenvalue weighted by Crippen LogP contribution is -2.36. The van der Waals surface area contributed by atoms with Crippen LogP contribution >= 0.6 is 0 Å². The van der Waals surface area contributed by atoms with Crippen molar-refractivity contribution in [2.24, 2.45) is 10.9 Å². The summed E-state index contributed by atoms with van der Waals surface area (Å²) in [4.78, 5) is 4.31. The number of nitrogens with zero attached hydrogens (tertiary/aromatic N) is 1. The number of hydrogen-bond donors (Lipinski definition) is 1. The van der Waals surface area contributed by atoms with Gasteiger partial charge in [0.25, 0.3) is 0 Å². The highest BCUT2D eigenvalue weighted by molar-refractivity contribution is 5.84. The number of nitrogens with one attached hydrogen (secondary N) is 1. The molecule has 3 heteroatoms. The maximum absolute atomic E-state index is 5.10. The third kappa shape index (κ3) is 2.80. The summed E-state index contributed by atoms with van der Waals surface area (Å²) < 4.78 is 5.10. The highest BCUT2D eigenvalue weighted by Gasteiger charge is 2.13. The quantitative estimate of drug-likeness (QED) is 0.814. The number of ether oxygens (including phenoxy) is 1. The molecule has 1 aliphatic heterocycles. The molecule has 0 bridgehead atoms. The first-order chi connectivity index (χ1) is 7.36. The number of aliphatic imine (C=N–C) groups is 1. The Kier molecular flexibility index (Phi) is 3.35. The van der Waals surface area contributed by atoms with Crippen molar-refractivity contribution >= 4 is 5.84 Å².